The van der Waals surface area contributed by atoms with Crippen LogP contribution < -0.4 is 22.1 Å². The third-order valence-electron chi connectivity index (χ3n) is 4.00. The fraction of sp³-hybridized carbons (Fsp3) is 0.125. The molecule has 8 N–H and O–H groups in total. The summed E-state index contributed by atoms with van der Waals surface area (Å²) < 4.78 is 0. The highest BCUT2D eigenvalue weighted by molar-refractivity contribution is 6.17. The van der Waals surface area contributed by atoms with Crippen molar-refractivity contribution < 1.29 is 10.2 Å². The minimum Gasteiger partial charge on any atom is -0.508 e. The van der Waals surface area contributed by atoms with E-state index in [1.54, 1.807) is 6.19 Å². The Morgan fingerprint density at radius 1 is 1.26 bits per heavy atom. The van der Waals surface area contributed by atoms with Crippen molar-refractivity contribution in [3.8, 4) is 23.8 Å². The molecule has 0 saturated heterocycles. The van der Waals surface area contributed by atoms with Gasteiger partial charge in [0.25, 0.3) is 0 Å². The van der Waals surface area contributed by atoms with Crippen LogP contribution in [0.2, 0.25) is 0 Å². The number of aromatic hydroxyl groups is 2. The number of hydrogen-bond donors (Lipinski definition) is 6. The number of fused-ring (bicyclic) bond motifs is 1. The first-order valence-corrected chi connectivity index (χ1v) is 8.04. The van der Waals surface area contributed by atoms with Gasteiger partial charge >= 0.3 is 0 Å². The number of anilines is 3. The quantitative estimate of drug-likeness (QED) is 0.251. The lowest BCUT2D eigenvalue weighted by atomic mass is 9.91. The normalized spacial score (nSPS) is 14.9. The number of halogens is 1. The van der Waals surface area contributed by atoms with Gasteiger partial charge in [0.2, 0.25) is 5.96 Å². The Kier molecular flexibility index (Phi) is 4.50. The highest BCUT2D eigenvalue weighted by atomic mass is 35.5. The Hall–Kier alpha value is -3.89. The molecule has 0 amide bonds. The van der Waals surface area contributed by atoms with Gasteiger partial charge in [0.05, 0.1) is 5.69 Å². The lowest BCUT2D eigenvalue weighted by molar-refractivity contribution is 0.443. The maximum absolute atomic E-state index is 10.4. The number of phenolic OH excluding ortho intramolecular Hbond substituents is 2. The topological polar surface area (TPSA) is 189 Å². The summed E-state index contributed by atoms with van der Waals surface area (Å²) in [5.41, 5.74) is 12.9. The van der Waals surface area contributed by atoms with Crippen molar-refractivity contribution in [2.24, 2.45) is 4.99 Å². The number of aromatic nitrogens is 1. The zero-order valence-electron chi connectivity index (χ0n) is 13.7. The van der Waals surface area contributed by atoms with E-state index in [9.17, 15) is 15.5 Å². The number of rotatable bonds is 2. The molecule has 1 aliphatic rings. The molecular weight excluding hydrogens is 372 g/mol. The maximum Gasteiger partial charge on any atom is 0.211 e. The molecule has 0 aliphatic carbocycles. The van der Waals surface area contributed by atoms with Gasteiger partial charge in [-0.15, -0.1) is 11.6 Å². The van der Waals surface area contributed by atoms with E-state index >= 15 is 0 Å². The zero-order valence-corrected chi connectivity index (χ0v) is 14.4. The number of nitrogens with zero attached hydrogens (tertiary/aromatic N) is 4. The van der Waals surface area contributed by atoms with E-state index in [4.69, 9.17) is 28.3 Å². The molecule has 0 bridgehead atoms. The van der Waals surface area contributed by atoms with E-state index in [-0.39, 0.29) is 57.4 Å². The van der Waals surface area contributed by atoms with E-state index in [1.165, 1.54) is 6.07 Å². The SMILES string of the molecule is N#CNC1=NC(c2c(O)cc(O)cc2CCl)c2c(nc(N)c(C#N)c2N)N1. The molecule has 0 spiro atoms. The molecule has 11 heteroatoms. The van der Waals surface area contributed by atoms with Gasteiger partial charge in [-0.25, -0.2) is 9.98 Å². The van der Waals surface area contributed by atoms with Crippen molar-refractivity contribution >= 4 is 34.9 Å². The first kappa shape index (κ1) is 17.9. The van der Waals surface area contributed by atoms with Gasteiger partial charge in [0, 0.05) is 23.1 Å². The van der Waals surface area contributed by atoms with Gasteiger partial charge < -0.3 is 27.0 Å². The Morgan fingerprint density at radius 2 is 2.00 bits per heavy atom. The predicted molar refractivity (Wildman–Crippen MR) is 98.8 cm³/mol. The molecule has 2 heterocycles. The molecule has 2 aromatic rings. The average Bonchev–Trinajstić information content (AvgIpc) is 2.60. The summed E-state index contributed by atoms with van der Waals surface area (Å²) in [6.45, 7) is 0. The molecule has 3 rings (SSSR count). The van der Waals surface area contributed by atoms with Crippen LogP contribution in [-0.4, -0.2) is 21.2 Å². The fourth-order valence-corrected chi connectivity index (χ4v) is 3.12. The Bertz CT molecular complexity index is 1050. The predicted octanol–water partition coefficient (Wildman–Crippen LogP) is 1.21. The van der Waals surface area contributed by atoms with Crippen LogP contribution in [0.3, 0.4) is 0 Å². The summed E-state index contributed by atoms with van der Waals surface area (Å²) in [7, 11) is 0. The number of alkyl halides is 1. The standard InChI is InChI=1S/C16H13ClN8O2/c17-3-6-1-7(26)2-9(27)10(6)13-11-12(20)8(4-18)14(21)24-15(11)25-16(23-13)22-5-19/h1-2,13,26-27H,3H2,(H6,20,21,22,23,24,25). The van der Waals surface area contributed by atoms with E-state index in [2.05, 4.69) is 20.6 Å². The van der Waals surface area contributed by atoms with Gasteiger partial charge in [-0.2, -0.15) is 10.5 Å². The van der Waals surface area contributed by atoms with Gasteiger partial charge in [-0.3, -0.25) is 5.32 Å². The smallest absolute Gasteiger partial charge is 0.211 e. The molecule has 0 saturated carbocycles. The van der Waals surface area contributed by atoms with E-state index < -0.39 is 6.04 Å². The summed E-state index contributed by atoms with van der Waals surface area (Å²) in [6, 6.07) is 3.45. The van der Waals surface area contributed by atoms with Crippen LogP contribution >= 0.6 is 11.6 Å². The highest BCUT2D eigenvalue weighted by Gasteiger charge is 2.32. The molecule has 1 atom stereocenters. The first-order chi connectivity index (χ1) is 12.9. The minimum absolute atomic E-state index is 0.0295. The van der Waals surface area contributed by atoms with E-state index in [0.29, 0.717) is 5.56 Å². The second-order valence-corrected chi connectivity index (χ2v) is 5.84. The van der Waals surface area contributed by atoms with Crippen LogP contribution in [0.5, 0.6) is 11.5 Å². The van der Waals surface area contributed by atoms with Crippen LogP contribution in [0.1, 0.15) is 28.3 Å². The number of aliphatic imine (C=N–C) groups is 1. The maximum atomic E-state index is 10.4. The summed E-state index contributed by atoms with van der Waals surface area (Å²) in [4.78, 5) is 8.48. The Labute approximate surface area is 158 Å². The van der Waals surface area contributed by atoms with Crippen molar-refractivity contribution in [3.63, 3.8) is 0 Å². The van der Waals surface area contributed by atoms with Crippen LogP contribution in [-0.2, 0) is 5.88 Å². The Balaban J connectivity index is 2.34. The molecule has 1 aromatic heterocycles. The second-order valence-electron chi connectivity index (χ2n) is 5.57. The molecule has 0 radical (unpaired) electrons. The summed E-state index contributed by atoms with van der Waals surface area (Å²) in [5, 5.41) is 43.5. The largest absolute Gasteiger partial charge is 0.508 e. The molecule has 27 heavy (non-hydrogen) atoms. The number of hydrogen-bond acceptors (Lipinski definition) is 10. The summed E-state index contributed by atoms with van der Waals surface area (Å²) in [6.07, 6.45) is 1.73. The number of nitrogen functional groups attached to an aromatic ring is 2. The molecule has 1 aliphatic heterocycles. The Morgan fingerprint density at radius 3 is 2.63 bits per heavy atom. The van der Waals surface area contributed by atoms with Crippen molar-refractivity contribution in [1.82, 2.24) is 10.3 Å². The second kappa shape index (κ2) is 6.78. The average molecular weight is 385 g/mol. The van der Waals surface area contributed by atoms with E-state index in [0.717, 1.165) is 6.07 Å². The first-order valence-electron chi connectivity index (χ1n) is 7.50. The van der Waals surface area contributed by atoms with Crippen molar-refractivity contribution in [3.05, 3.63) is 34.4 Å². The molecule has 10 nitrogen and oxygen atoms in total. The van der Waals surface area contributed by atoms with Gasteiger partial charge in [-0.1, -0.05) is 0 Å². The van der Waals surface area contributed by atoms with Crippen LogP contribution in [0.4, 0.5) is 17.3 Å². The van der Waals surface area contributed by atoms with Crippen molar-refractivity contribution in [1.29, 1.82) is 10.5 Å². The van der Waals surface area contributed by atoms with Gasteiger partial charge in [0.1, 0.15) is 40.8 Å². The lowest BCUT2D eigenvalue weighted by Crippen LogP contribution is -2.33. The summed E-state index contributed by atoms with van der Waals surface area (Å²) in [5.74, 6) is -0.375. The van der Waals surface area contributed by atoms with Crippen LogP contribution in [0.25, 0.3) is 0 Å². The zero-order chi connectivity index (χ0) is 19.7. The monoisotopic (exact) mass is 384 g/mol. The fourth-order valence-electron chi connectivity index (χ4n) is 2.90. The summed E-state index contributed by atoms with van der Waals surface area (Å²) >= 11 is 5.97. The number of phenols is 2. The lowest BCUT2D eigenvalue weighted by Gasteiger charge is -2.27. The van der Waals surface area contributed by atoms with Crippen molar-refractivity contribution in [2.45, 2.75) is 11.9 Å². The number of benzene rings is 1. The number of nitriles is 2. The molecule has 1 unspecified atom stereocenters. The van der Waals surface area contributed by atoms with Gasteiger partial charge in [-0.05, 0) is 11.6 Å². The molecule has 1 aromatic carbocycles. The number of pyridine rings is 1. The number of guanidine groups is 1. The van der Waals surface area contributed by atoms with Crippen LogP contribution in [0, 0.1) is 22.8 Å². The van der Waals surface area contributed by atoms with Gasteiger partial charge in [0.15, 0.2) is 6.19 Å². The van der Waals surface area contributed by atoms with Crippen LogP contribution in [0.15, 0.2) is 17.1 Å². The van der Waals surface area contributed by atoms with E-state index in [1.807, 2.05) is 6.07 Å². The van der Waals surface area contributed by atoms with Crippen molar-refractivity contribution in [2.75, 3.05) is 16.8 Å². The number of nitrogens with one attached hydrogen (secondary N) is 2. The third kappa shape index (κ3) is 2.94. The highest BCUT2D eigenvalue weighted by Crippen LogP contribution is 2.45. The number of nitrogens with two attached hydrogens (primary N) is 2. The molecule has 136 valence electrons. The molecular formula is C16H13ClN8O2. The minimum atomic E-state index is -0.952. The third-order valence-corrected chi connectivity index (χ3v) is 4.29. The molecule has 0 fully saturated rings.